The Morgan fingerprint density at radius 3 is 2.79 bits per heavy atom. The Morgan fingerprint density at radius 2 is 2.03 bits per heavy atom. The lowest BCUT2D eigenvalue weighted by Gasteiger charge is -2.22. The van der Waals surface area contributed by atoms with Crippen LogP contribution in [0, 0.1) is 0 Å². The molecule has 0 atom stereocenters. The van der Waals surface area contributed by atoms with Crippen LogP contribution in [0.3, 0.4) is 0 Å². The van der Waals surface area contributed by atoms with Crippen molar-refractivity contribution in [3.63, 3.8) is 0 Å². The van der Waals surface area contributed by atoms with Crippen LogP contribution in [0.15, 0.2) is 42.9 Å². The maximum atomic E-state index is 12.3. The highest BCUT2D eigenvalue weighted by Crippen LogP contribution is 2.28. The molecule has 0 bridgehead atoms. The average molecular weight is 514 g/mol. The van der Waals surface area contributed by atoms with Gasteiger partial charge in [0.15, 0.2) is 28.3 Å². The first-order chi connectivity index (χ1) is 18.6. The molecule has 0 aliphatic carbocycles. The highest BCUT2D eigenvalue weighted by molar-refractivity contribution is 5.84. The summed E-state index contributed by atoms with van der Waals surface area (Å²) in [5, 5.41) is 8.11. The van der Waals surface area contributed by atoms with Gasteiger partial charge in [0.1, 0.15) is 12.1 Å². The summed E-state index contributed by atoms with van der Waals surface area (Å²) in [5.41, 5.74) is 11.9. The molecular formula is C27H33N10O+. The van der Waals surface area contributed by atoms with Gasteiger partial charge in [-0.3, -0.25) is 14.4 Å². The maximum absolute atomic E-state index is 12.3. The summed E-state index contributed by atoms with van der Waals surface area (Å²) in [6, 6.07) is 8.80. The molecule has 196 valence electrons. The second-order valence-corrected chi connectivity index (χ2v) is 9.68. The highest BCUT2D eigenvalue weighted by Gasteiger charge is 2.28. The second kappa shape index (κ2) is 9.90. The van der Waals surface area contributed by atoms with E-state index in [9.17, 15) is 4.79 Å². The number of carbonyl (C=O) groups is 1. The van der Waals surface area contributed by atoms with Gasteiger partial charge in [0.2, 0.25) is 6.41 Å². The van der Waals surface area contributed by atoms with Crippen molar-refractivity contribution in [1.82, 2.24) is 34.6 Å². The van der Waals surface area contributed by atoms with Crippen LogP contribution in [-0.4, -0.2) is 48.8 Å². The molecule has 0 unspecified atom stereocenters. The second-order valence-electron chi connectivity index (χ2n) is 9.68. The van der Waals surface area contributed by atoms with Crippen LogP contribution in [0.1, 0.15) is 38.6 Å². The number of rotatable bonds is 8. The molecule has 0 radical (unpaired) electrons. The van der Waals surface area contributed by atoms with Gasteiger partial charge < -0.3 is 16.0 Å². The van der Waals surface area contributed by atoms with E-state index >= 15 is 0 Å². The van der Waals surface area contributed by atoms with Crippen molar-refractivity contribution in [2.45, 2.75) is 52.4 Å². The number of aromatic nitrogens is 7. The number of aryl methyl sites for hydroxylation is 2. The van der Waals surface area contributed by atoms with Gasteiger partial charge in [-0.25, -0.2) is 19.1 Å². The Balaban J connectivity index is 1.38. The summed E-state index contributed by atoms with van der Waals surface area (Å²) < 4.78 is 6.62. The first kappa shape index (κ1) is 24.1. The van der Waals surface area contributed by atoms with E-state index in [-0.39, 0.29) is 5.82 Å². The molecule has 1 amide bonds. The Bertz CT molecular complexity index is 1610. The fraction of sp³-hybridized carbons (Fsp3) is 0.370. The van der Waals surface area contributed by atoms with Crippen LogP contribution in [0.25, 0.3) is 33.3 Å². The predicted molar refractivity (Wildman–Crippen MR) is 146 cm³/mol. The number of amides is 1. The number of nitrogens with one attached hydrogen (secondary N) is 2. The number of aromatic amines is 1. The number of benzene rings is 1. The van der Waals surface area contributed by atoms with Crippen molar-refractivity contribution in [1.29, 1.82) is 0 Å². The molecule has 1 aromatic carbocycles. The van der Waals surface area contributed by atoms with E-state index in [2.05, 4.69) is 72.3 Å². The van der Waals surface area contributed by atoms with Gasteiger partial charge in [-0.15, -0.1) is 0 Å². The van der Waals surface area contributed by atoms with Crippen molar-refractivity contribution in [3.05, 3.63) is 48.7 Å². The fourth-order valence-electron chi connectivity index (χ4n) is 5.61. The van der Waals surface area contributed by atoms with Gasteiger partial charge in [-0.1, -0.05) is 0 Å². The minimum Gasteiger partial charge on any atom is -0.381 e. The van der Waals surface area contributed by atoms with E-state index in [0.29, 0.717) is 29.6 Å². The third kappa shape index (κ3) is 4.08. The SMILES string of the molecule is CCn1c(CN(C=O)c2nc3cc[nH]c3nc2N)[n+](CC)c2ccc(-c3cnn(C4CCNCC4)c3)cc21. The smallest absolute Gasteiger partial charge is 0.277 e. The molecule has 4 aromatic heterocycles. The van der Waals surface area contributed by atoms with E-state index in [1.54, 1.807) is 6.20 Å². The molecule has 1 saturated heterocycles. The topological polar surface area (TPSA) is 127 Å². The molecule has 11 heteroatoms. The van der Waals surface area contributed by atoms with E-state index in [0.717, 1.165) is 73.4 Å². The lowest BCUT2D eigenvalue weighted by Crippen LogP contribution is -2.40. The fourth-order valence-corrected chi connectivity index (χ4v) is 5.61. The standard InChI is InChI=1S/C27H33N10O/c1-3-35-22-6-5-18(19-14-31-37(15-19)20-7-10-29-11-8-20)13-23(22)36(4-2)24(35)16-34(17-38)27-25(28)33-26-21(32-27)9-12-30-26/h5-6,9,12-15,17,20,29H,3-4,7-8,10-11,16H2,1-2H3,(H3,28,30,33)/q+1. The largest absolute Gasteiger partial charge is 0.381 e. The van der Waals surface area contributed by atoms with Gasteiger partial charge in [0.05, 0.1) is 25.3 Å². The quantitative estimate of drug-likeness (QED) is 0.216. The van der Waals surface area contributed by atoms with Gasteiger partial charge in [-0.2, -0.15) is 5.10 Å². The molecule has 11 nitrogen and oxygen atoms in total. The molecule has 38 heavy (non-hydrogen) atoms. The normalized spacial score (nSPS) is 14.5. The Morgan fingerprint density at radius 1 is 1.18 bits per heavy atom. The molecule has 6 rings (SSSR count). The van der Waals surface area contributed by atoms with Crippen molar-refractivity contribution in [3.8, 4) is 11.1 Å². The first-order valence-electron chi connectivity index (χ1n) is 13.2. The average Bonchev–Trinajstić information content (AvgIpc) is 3.68. The third-order valence-electron chi connectivity index (χ3n) is 7.53. The summed E-state index contributed by atoms with van der Waals surface area (Å²) in [6.07, 6.45) is 8.85. The monoisotopic (exact) mass is 513 g/mol. The van der Waals surface area contributed by atoms with Crippen LogP contribution in [0.4, 0.5) is 11.6 Å². The predicted octanol–water partition coefficient (Wildman–Crippen LogP) is 2.77. The number of anilines is 2. The number of piperidine rings is 1. The summed E-state index contributed by atoms with van der Waals surface area (Å²) in [7, 11) is 0. The number of carbonyl (C=O) groups excluding carboxylic acids is 1. The zero-order chi connectivity index (χ0) is 26.2. The van der Waals surface area contributed by atoms with Crippen molar-refractivity contribution >= 4 is 40.2 Å². The van der Waals surface area contributed by atoms with Crippen molar-refractivity contribution in [2.24, 2.45) is 0 Å². The zero-order valence-electron chi connectivity index (χ0n) is 21.8. The molecule has 0 spiro atoms. The molecular weight excluding hydrogens is 480 g/mol. The first-order valence-corrected chi connectivity index (χ1v) is 13.2. The molecule has 0 saturated carbocycles. The molecule has 1 fully saturated rings. The Kier molecular flexibility index (Phi) is 6.28. The van der Waals surface area contributed by atoms with Crippen LogP contribution in [0.5, 0.6) is 0 Å². The number of nitrogens with two attached hydrogens (primary N) is 1. The summed E-state index contributed by atoms with van der Waals surface area (Å²) >= 11 is 0. The van der Waals surface area contributed by atoms with Crippen LogP contribution < -0.4 is 20.5 Å². The van der Waals surface area contributed by atoms with Crippen LogP contribution in [-0.2, 0) is 24.4 Å². The number of fused-ring (bicyclic) bond motifs is 2. The van der Waals surface area contributed by atoms with E-state index in [4.69, 9.17) is 10.8 Å². The lowest BCUT2D eigenvalue weighted by atomic mass is 10.1. The number of nitrogens with zero attached hydrogens (tertiary/aromatic N) is 7. The number of nitrogen functional groups attached to an aromatic ring is 1. The van der Waals surface area contributed by atoms with Gasteiger partial charge in [0, 0.05) is 18.0 Å². The van der Waals surface area contributed by atoms with E-state index in [1.807, 2.05) is 12.3 Å². The molecule has 1 aliphatic heterocycles. The number of H-pyrrole nitrogens is 1. The number of imidazole rings is 1. The number of hydrogen-bond acceptors (Lipinski definition) is 6. The number of hydrogen-bond donors (Lipinski definition) is 3. The molecule has 1 aliphatic rings. The third-order valence-corrected chi connectivity index (χ3v) is 7.53. The van der Waals surface area contributed by atoms with Crippen molar-refractivity contribution in [2.75, 3.05) is 23.7 Å². The zero-order valence-corrected chi connectivity index (χ0v) is 21.8. The van der Waals surface area contributed by atoms with Gasteiger partial charge in [0.25, 0.3) is 5.82 Å². The van der Waals surface area contributed by atoms with Gasteiger partial charge in [-0.05, 0) is 69.6 Å². The minimum atomic E-state index is 0.210. The van der Waals surface area contributed by atoms with Gasteiger partial charge >= 0.3 is 0 Å². The molecule has 5 heterocycles. The maximum Gasteiger partial charge on any atom is 0.277 e. The minimum absolute atomic E-state index is 0.210. The molecule has 4 N–H and O–H groups in total. The highest BCUT2D eigenvalue weighted by atomic mass is 16.1. The van der Waals surface area contributed by atoms with Crippen LogP contribution in [0.2, 0.25) is 0 Å². The summed E-state index contributed by atoms with van der Waals surface area (Å²) in [6.45, 7) is 8.13. The van der Waals surface area contributed by atoms with E-state index in [1.165, 1.54) is 4.90 Å². The molecule has 5 aromatic rings. The lowest BCUT2D eigenvalue weighted by molar-refractivity contribution is -0.676. The van der Waals surface area contributed by atoms with E-state index < -0.39 is 0 Å². The Hall–Kier alpha value is -4.25. The Labute approximate surface area is 220 Å². The summed E-state index contributed by atoms with van der Waals surface area (Å²) in [5.74, 6) is 1.56. The van der Waals surface area contributed by atoms with Crippen molar-refractivity contribution < 1.29 is 9.36 Å². The summed E-state index contributed by atoms with van der Waals surface area (Å²) in [4.78, 5) is 25.8. The van der Waals surface area contributed by atoms with Crippen LogP contribution >= 0.6 is 0 Å².